The molecule has 2 aromatic carbocycles. The monoisotopic (exact) mass is 398 g/mol. The van der Waals surface area contributed by atoms with Gasteiger partial charge in [-0.1, -0.05) is 0 Å². The van der Waals surface area contributed by atoms with E-state index in [9.17, 15) is 4.79 Å². The summed E-state index contributed by atoms with van der Waals surface area (Å²) in [6.07, 6.45) is 0. The lowest BCUT2D eigenvalue weighted by atomic mass is 10.0. The molecule has 0 unspecified atom stereocenters. The minimum Gasteiger partial charge on any atom is -0.497 e. The Morgan fingerprint density at radius 3 is 1.55 bits per heavy atom. The van der Waals surface area contributed by atoms with Crippen molar-refractivity contribution in [2.45, 2.75) is 0 Å². The van der Waals surface area contributed by atoms with E-state index in [1.54, 1.807) is 50.6 Å². The zero-order valence-corrected chi connectivity index (χ0v) is 14.1. The summed E-state index contributed by atoms with van der Waals surface area (Å²) in [6, 6.07) is 10.5. The van der Waals surface area contributed by atoms with E-state index in [1.165, 1.54) is 0 Å². The molecule has 0 aromatic heterocycles. The van der Waals surface area contributed by atoms with Crippen molar-refractivity contribution in [1.29, 1.82) is 0 Å². The highest BCUT2D eigenvalue weighted by atomic mass is 79.9. The number of carbonyl (C=O) groups is 1. The van der Waals surface area contributed by atoms with Crippen molar-refractivity contribution < 1.29 is 14.3 Å². The van der Waals surface area contributed by atoms with E-state index in [2.05, 4.69) is 31.9 Å². The molecule has 0 bridgehead atoms. The molecule has 0 spiro atoms. The fourth-order valence-corrected chi connectivity index (χ4v) is 2.83. The number of benzene rings is 2. The largest absolute Gasteiger partial charge is 0.497 e. The second kappa shape index (κ2) is 6.41. The summed E-state index contributed by atoms with van der Waals surface area (Å²) < 4.78 is 11.6. The predicted octanol–water partition coefficient (Wildman–Crippen LogP) is 4.46. The van der Waals surface area contributed by atoms with Gasteiger partial charge in [-0.2, -0.15) is 0 Å². The molecule has 104 valence electrons. The quantitative estimate of drug-likeness (QED) is 0.712. The fraction of sp³-hybridized carbons (Fsp3) is 0.133. The van der Waals surface area contributed by atoms with E-state index in [4.69, 9.17) is 9.47 Å². The van der Waals surface area contributed by atoms with E-state index >= 15 is 0 Å². The molecule has 0 amide bonds. The number of hydrogen-bond acceptors (Lipinski definition) is 3. The minimum atomic E-state index is -0.0749. The number of hydrogen-bond donors (Lipinski definition) is 0. The Balaban J connectivity index is 2.41. The lowest BCUT2D eigenvalue weighted by Gasteiger charge is -2.09. The standard InChI is InChI=1S/C15H12Br2O3/c1-19-9-3-5-11(13(16)7-9)15(18)12-6-4-10(20-2)8-14(12)17/h3-8H,1-2H3. The van der Waals surface area contributed by atoms with Crippen LogP contribution in [0, 0.1) is 0 Å². The van der Waals surface area contributed by atoms with Crippen LogP contribution in [0.15, 0.2) is 45.3 Å². The Hall–Kier alpha value is -1.33. The summed E-state index contributed by atoms with van der Waals surface area (Å²) in [4.78, 5) is 12.5. The van der Waals surface area contributed by atoms with Crippen LogP contribution >= 0.6 is 31.9 Å². The maximum atomic E-state index is 12.5. The van der Waals surface area contributed by atoms with Crippen molar-refractivity contribution in [2.24, 2.45) is 0 Å². The number of rotatable bonds is 4. The molecule has 0 aliphatic rings. The van der Waals surface area contributed by atoms with Crippen LogP contribution in [0.25, 0.3) is 0 Å². The highest BCUT2D eigenvalue weighted by Crippen LogP contribution is 2.29. The molecule has 0 saturated heterocycles. The first-order valence-electron chi connectivity index (χ1n) is 5.78. The smallest absolute Gasteiger partial charge is 0.195 e. The van der Waals surface area contributed by atoms with E-state index in [-0.39, 0.29) is 5.78 Å². The first kappa shape index (κ1) is 15.1. The summed E-state index contributed by atoms with van der Waals surface area (Å²) in [7, 11) is 3.17. The summed E-state index contributed by atoms with van der Waals surface area (Å²) in [5.41, 5.74) is 1.16. The molecule has 0 heterocycles. The zero-order valence-electron chi connectivity index (χ0n) is 10.9. The van der Waals surface area contributed by atoms with Gasteiger partial charge in [-0.25, -0.2) is 0 Å². The number of halogens is 2. The first-order chi connectivity index (χ1) is 9.56. The van der Waals surface area contributed by atoms with Crippen molar-refractivity contribution in [1.82, 2.24) is 0 Å². The Morgan fingerprint density at radius 1 is 0.850 bits per heavy atom. The van der Waals surface area contributed by atoms with Crippen molar-refractivity contribution in [3.63, 3.8) is 0 Å². The van der Waals surface area contributed by atoms with Gasteiger partial charge in [-0.15, -0.1) is 0 Å². The van der Waals surface area contributed by atoms with Crippen molar-refractivity contribution in [2.75, 3.05) is 14.2 Å². The van der Waals surface area contributed by atoms with Gasteiger partial charge in [0.1, 0.15) is 11.5 Å². The molecule has 0 saturated carbocycles. The van der Waals surface area contributed by atoms with Crippen LogP contribution in [-0.4, -0.2) is 20.0 Å². The third-order valence-electron chi connectivity index (χ3n) is 2.84. The first-order valence-corrected chi connectivity index (χ1v) is 7.37. The Kier molecular flexibility index (Phi) is 4.83. The maximum absolute atomic E-state index is 12.5. The molecule has 0 aliphatic carbocycles. The van der Waals surface area contributed by atoms with E-state index in [0.717, 1.165) is 0 Å². The molecule has 2 aromatic rings. The van der Waals surface area contributed by atoms with Crippen LogP contribution in [0.4, 0.5) is 0 Å². The number of carbonyl (C=O) groups excluding carboxylic acids is 1. The number of methoxy groups -OCH3 is 2. The highest BCUT2D eigenvalue weighted by molar-refractivity contribution is 9.11. The molecular weight excluding hydrogens is 388 g/mol. The minimum absolute atomic E-state index is 0.0749. The highest BCUT2D eigenvalue weighted by Gasteiger charge is 2.16. The zero-order chi connectivity index (χ0) is 14.7. The Labute approximate surface area is 134 Å². The molecule has 5 heteroatoms. The molecule has 0 N–H and O–H groups in total. The van der Waals surface area contributed by atoms with E-state index < -0.39 is 0 Å². The van der Waals surface area contributed by atoms with Crippen LogP contribution in [0.5, 0.6) is 11.5 Å². The molecule has 3 nitrogen and oxygen atoms in total. The molecular formula is C15H12Br2O3. The van der Waals surface area contributed by atoms with Gasteiger partial charge in [0.05, 0.1) is 14.2 Å². The normalized spacial score (nSPS) is 10.2. The third-order valence-corrected chi connectivity index (χ3v) is 4.15. The Morgan fingerprint density at radius 2 is 1.25 bits per heavy atom. The topological polar surface area (TPSA) is 35.5 Å². The maximum Gasteiger partial charge on any atom is 0.195 e. The molecule has 20 heavy (non-hydrogen) atoms. The van der Waals surface area contributed by atoms with Crippen LogP contribution in [-0.2, 0) is 0 Å². The van der Waals surface area contributed by atoms with Gasteiger partial charge < -0.3 is 9.47 Å². The van der Waals surface area contributed by atoms with Gasteiger partial charge in [-0.05, 0) is 68.3 Å². The van der Waals surface area contributed by atoms with E-state index in [0.29, 0.717) is 31.6 Å². The molecule has 0 atom stereocenters. The second-order valence-electron chi connectivity index (χ2n) is 4.02. The number of ether oxygens (including phenoxy) is 2. The molecule has 0 fully saturated rings. The average molecular weight is 400 g/mol. The van der Waals surface area contributed by atoms with Gasteiger partial charge in [0.25, 0.3) is 0 Å². The average Bonchev–Trinajstić information content (AvgIpc) is 2.46. The molecule has 0 aliphatic heterocycles. The SMILES string of the molecule is COc1ccc(C(=O)c2ccc(OC)cc2Br)c(Br)c1. The predicted molar refractivity (Wildman–Crippen MR) is 84.8 cm³/mol. The van der Waals surface area contributed by atoms with Crippen LogP contribution in [0.3, 0.4) is 0 Å². The van der Waals surface area contributed by atoms with Crippen molar-refractivity contribution >= 4 is 37.6 Å². The van der Waals surface area contributed by atoms with Crippen LogP contribution in [0.2, 0.25) is 0 Å². The van der Waals surface area contributed by atoms with Crippen LogP contribution < -0.4 is 9.47 Å². The van der Waals surface area contributed by atoms with E-state index in [1.807, 2.05) is 0 Å². The second-order valence-corrected chi connectivity index (χ2v) is 5.73. The lowest BCUT2D eigenvalue weighted by molar-refractivity contribution is 0.103. The molecule has 2 rings (SSSR count). The fourth-order valence-electron chi connectivity index (χ4n) is 1.76. The van der Waals surface area contributed by atoms with Gasteiger partial charge in [0, 0.05) is 20.1 Å². The van der Waals surface area contributed by atoms with Crippen LogP contribution in [0.1, 0.15) is 15.9 Å². The summed E-state index contributed by atoms with van der Waals surface area (Å²) in [5, 5.41) is 0. The van der Waals surface area contributed by atoms with Gasteiger partial charge >= 0.3 is 0 Å². The number of ketones is 1. The summed E-state index contributed by atoms with van der Waals surface area (Å²) in [6.45, 7) is 0. The van der Waals surface area contributed by atoms with Gasteiger partial charge in [0.2, 0.25) is 0 Å². The van der Waals surface area contributed by atoms with Gasteiger partial charge in [0.15, 0.2) is 5.78 Å². The summed E-state index contributed by atoms with van der Waals surface area (Å²) in [5.74, 6) is 1.32. The van der Waals surface area contributed by atoms with Crippen molar-refractivity contribution in [3.05, 3.63) is 56.5 Å². The Bertz CT molecular complexity index is 598. The molecule has 0 radical (unpaired) electrons. The van der Waals surface area contributed by atoms with Crippen molar-refractivity contribution in [3.8, 4) is 11.5 Å². The summed E-state index contributed by atoms with van der Waals surface area (Å²) >= 11 is 6.80. The van der Waals surface area contributed by atoms with Gasteiger partial charge in [-0.3, -0.25) is 4.79 Å². The third kappa shape index (κ3) is 3.04. The lowest BCUT2D eigenvalue weighted by Crippen LogP contribution is -2.04.